The van der Waals surface area contributed by atoms with Gasteiger partial charge in [0.2, 0.25) is 0 Å². The van der Waals surface area contributed by atoms with Crippen LogP contribution >= 0.6 is 11.6 Å². The van der Waals surface area contributed by atoms with Crippen molar-refractivity contribution in [2.45, 2.75) is 25.7 Å². The second kappa shape index (κ2) is 23.7. The molecule has 0 radical (unpaired) electrons. The first-order valence-electron chi connectivity index (χ1n) is 22.2. The minimum absolute atomic E-state index is 0.266. The van der Waals surface area contributed by atoms with E-state index in [9.17, 15) is 10.2 Å². The topological polar surface area (TPSA) is 68.6 Å². The number of aryl methyl sites for hydroxylation is 2. The minimum Gasteiger partial charge on any atom is -0.508 e. The Morgan fingerprint density at radius 3 is 1.33 bits per heavy atom. The maximum absolute atomic E-state index is 9.82. The lowest BCUT2D eigenvalue weighted by Gasteiger charge is -2.25. The Labute approximate surface area is 386 Å². The van der Waals surface area contributed by atoms with Crippen LogP contribution in [0.2, 0.25) is 0 Å². The van der Waals surface area contributed by atoms with Crippen molar-refractivity contribution in [3.05, 3.63) is 190 Å². The first-order valence-corrected chi connectivity index (χ1v) is 22.7. The van der Waals surface area contributed by atoms with Gasteiger partial charge in [0, 0.05) is 25.5 Å². The molecule has 0 spiro atoms. The van der Waals surface area contributed by atoms with E-state index in [1.807, 2.05) is 49.3 Å². The number of halogens is 1. The van der Waals surface area contributed by atoms with Gasteiger partial charge < -0.3 is 34.4 Å². The third-order valence-electron chi connectivity index (χ3n) is 11.3. The van der Waals surface area contributed by atoms with Crippen molar-refractivity contribution >= 4 is 33.9 Å². The summed E-state index contributed by atoms with van der Waals surface area (Å²) >= 11 is 5.35. The van der Waals surface area contributed by atoms with Gasteiger partial charge in [-0.2, -0.15) is 0 Å². The Morgan fingerprint density at radius 2 is 0.859 bits per heavy atom. The van der Waals surface area contributed by atoms with Crippen LogP contribution in [0.5, 0.6) is 23.0 Å². The van der Waals surface area contributed by atoms with Crippen molar-refractivity contribution in [3.8, 4) is 23.0 Å². The van der Waals surface area contributed by atoms with Crippen LogP contribution in [0.4, 0.5) is 0 Å². The number of hydrogen-bond donors (Lipinski definition) is 2. The molecule has 2 aliphatic carbocycles. The Hall–Kier alpha value is -5.83. The Bertz CT molecular complexity index is 2450. The molecule has 0 saturated carbocycles. The van der Waals surface area contributed by atoms with Crippen LogP contribution in [0.15, 0.2) is 146 Å². The number of ether oxygens (including phenoxy) is 2. The van der Waals surface area contributed by atoms with E-state index < -0.39 is 0 Å². The van der Waals surface area contributed by atoms with Crippen LogP contribution in [0, 0.1) is 0 Å². The average Bonchev–Trinajstić information content (AvgIpc) is 3.29. The molecule has 2 N–H and O–H groups in total. The first kappa shape index (κ1) is 47.6. The van der Waals surface area contributed by atoms with E-state index in [0.717, 1.165) is 79.4 Å². The van der Waals surface area contributed by atoms with E-state index in [2.05, 4.69) is 135 Å². The molecule has 0 saturated heterocycles. The lowest BCUT2D eigenvalue weighted by molar-refractivity contribution is 0.261. The summed E-state index contributed by atoms with van der Waals surface area (Å²) in [6.07, 6.45) is 3.86. The van der Waals surface area contributed by atoms with E-state index in [0.29, 0.717) is 19.0 Å². The molecule has 0 fully saturated rings. The van der Waals surface area contributed by atoms with E-state index in [1.165, 1.54) is 50.1 Å². The molecule has 8 rings (SSSR count). The highest BCUT2D eigenvalue weighted by atomic mass is 35.5. The third-order valence-corrected chi connectivity index (χ3v) is 11.5. The quantitative estimate of drug-likeness (QED) is 0.106. The van der Waals surface area contributed by atoms with Gasteiger partial charge in [-0.25, -0.2) is 0 Å². The first-order chi connectivity index (χ1) is 31.0. The van der Waals surface area contributed by atoms with Crippen LogP contribution in [0.1, 0.15) is 57.3 Å². The molecule has 6 aromatic rings. The Balaban J connectivity index is 0.000000197. The molecule has 0 aliphatic heterocycles. The monoisotopic (exact) mass is 877 g/mol. The van der Waals surface area contributed by atoms with E-state index in [4.69, 9.17) is 21.1 Å². The highest BCUT2D eigenvalue weighted by molar-refractivity contribution is 6.18. The smallest absolute Gasteiger partial charge is 0.119 e. The highest BCUT2D eigenvalue weighted by Gasteiger charge is 2.23. The molecule has 0 aromatic heterocycles. The molecule has 6 aromatic carbocycles. The van der Waals surface area contributed by atoms with Crippen molar-refractivity contribution < 1.29 is 19.7 Å². The van der Waals surface area contributed by atoms with Crippen LogP contribution in [0.3, 0.4) is 0 Å². The number of aromatic hydroxyl groups is 2. The van der Waals surface area contributed by atoms with Crippen LogP contribution < -0.4 is 9.47 Å². The van der Waals surface area contributed by atoms with Gasteiger partial charge in [0.25, 0.3) is 0 Å². The van der Waals surface area contributed by atoms with Gasteiger partial charge in [0.15, 0.2) is 0 Å². The van der Waals surface area contributed by atoms with Gasteiger partial charge in [0.05, 0.1) is 0 Å². The molecule has 0 unspecified atom stereocenters. The largest absolute Gasteiger partial charge is 0.508 e. The second-order valence-corrected chi connectivity index (χ2v) is 17.3. The molecule has 2 aliphatic rings. The number of likely N-dealkylation sites (N-methyl/N-ethyl adjacent to an activating group) is 2. The molecule has 0 atom stereocenters. The zero-order chi connectivity index (χ0) is 45.4. The molecule has 8 heteroatoms. The summed E-state index contributed by atoms with van der Waals surface area (Å²) in [4.78, 5) is 6.31. The van der Waals surface area contributed by atoms with Crippen molar-refractivity contribution in [2.24, 2.45) is 0 Å². The molecular weight excluding hydrogens is 814 g/mol. The maximum atomic E-state index is 9.82. The van der Waals surface area contributed by atoms with Crippen LogP contribution in [0.25, 0.3) is 22.3 Å². The number of alkyl halides is 1. The van der Waals surface area contributed by atoms with Gasteiger partial charge in [0.1, 0.15) is 36.2 Å². The molecule has 0 amide bonds. The fourth-order valence-electron chi connectivity index (χ4n) is 7.96. The molecule has 64 heavy (non-hydrogen) atoms. The van der Waals surface area contributed by atoms with Crippen molar-refractivity contribution in [2.75, 3.05) is 81.0 Å². The summed E-state index contributed by atoms with van der Waals surface area (Å²) in [7, 11) is 12.3. The summed E-state index contributed by atoms with van der Waals surface area (Å²) in [5.41, 5.74) is 15.0. The van der Waals surface area contributed by atoms with E-state index in [-0.39, 0.29) is 5.75 Å². The number of rotatable bonds is 14. The number of phenols is 2. The van der Waals surface area contributed by atoms with Gasteiger partial charge in [-0.1, -0.05) is 97.1 Å². The van der Waals surface area contributed by atoms with Crippen LogP contribution in [-0.4, -0.2) is 106 Å². The summed E-state index contributed by atoms with van der Waals surface area (Å²) < 4.78 is 12.0. The lowest BCUT2D eigenvalue weighted by atomic mass is 9.79. The number of hydrogen-bond acceptors (Lipinski definition) is 7. The van der Waals surface area contributed by atoms with Crippen molar-refractivity contribution in [1.29, 1.82) is 0 Å². The van der Waals surface area contributed by atoms with Gasteiger partial charge in [-0.15, -0.1) is 11.6 Å². The molecule has 0 bridgehead atoms. The van der Waals surface area contributed by atoms with Crippen molar-refractivity contribution in [1.82, 2.24) is 14.7 Å². The normalized spacial score (nSPS) is 13.2. The lowest BCUT2D eigenvalue weighted by Crippen LogP contribution is -2.19. The number of allylic oxidation sites excluding steroid dienone is 2. The average molecular weight is 879 g/mol. The Morgan fingerprint density at radius 1 is 0.438 bits per heavy atom. The zero-order valence-corrected chi connectivity index (χ0v) is 39.1. The standard InChI is InChI=1S/C30H36N2O2.C22H18O2.C4H10ClN/c1-31(2)18-20-33-26-13-10-24(11-14-26)30-28(23-8-6-5-7-9-23)16-12-25-22-27(15-17-29(25)30)34-21-19-32(3)4;23-18-9-6-16(7-10-18)22-20(15-4-2-1-3-5-15)12-8-17-14-19(24)11-13-21(17)22;1-6(2)4-3-5/h5-11,13-15,17,22H,12,16,18-21H2,1-4H3;1-7,9-11,13-14,23-24H,8,12H2;3-4H2,1-2H3. The second-order valence-electron chi connectivity index (χ2n) is 17.0. The predicted octanol–water partition coefficient (Wildman–Crippen LogP) is 11.3. The maximum Gasteiger partial charge on any atom is 0.119 e. The van der Waals surface area contributed by atoms with E-state index in [1.54, 1.807) is 18.2 Å². The number of nitrogens with zero attached hydrogens (tertiary/aromatic N) is 3. The molecular formula is C56H64ClN3O4. The highest BCUT2D eigenvalue weighted by Crippen LogP contribution is 2.43. The summed E-state index contributed by atoms with van der Waals surface area (Å²) in [6.45, 7) is 4.16. The Kier molecular flexibility index (Phi) is 17.7. The number of benzene rings is 6. The third kappa shape index (κ3) is 13.3. The number of phenolic OH excluding ortho intramolecular Hbond substituents is 2. The van der Waals surface area contributed by atoms with E-state index >= 15 is 0 Å². The van der Waals surface area contributed by atoms with Crippen molar-refractivity contribution in [3.63, 3.8) is 0 Å². The number of fused-ring (bicyclic) bond motifs is 2. The summed E-state index contributed by atoms with van der Waals surface area (Å²) in [5, 5.41) is 19.4. The van der Waals surface area contributed by atoms with Crippen LogP contribution in [-0.2, 0) is 12.8 Å². The summed E-state index contributed by atoms with van der Waals surface area (Å²) in [6, 6.07) is 49.3. The SMILES string of the molecule is CN(C)CCCl.CN(C)CCOc1ccc(C2=C(c3ccccc3)CCc3cc(OCCN(C)C)ccc32)cc1.Oc1ccc(C2=C(c3ccccc3)CCc3cc(O)ccc32)cc1. The van der Waals surface area contributed by atoms with Gasteiger partial charge in [-0.05, 0) is 183 Å². The minimum atomic E-state index is 0.266. The summed E-state index contributed by atoms with van der Waals surface area (Å²) in [5.74, 6) is 3.16. The fraction of sp³-hybridized carbons (Fsp3) is 0.286. The molecule has 0 heterocycles. The fourth-order valence-corrected chi connectivity index (χ4v) is 8.30. The zero-order valence-electron chi connectivity index (χ0n) is 38.4. The van der Waals surface area contributed by atoms with Gasteiger partial charge in [-0.3, -0.25) is 0 Å². The van der Waals surface area contributed by atoms with Gasteiger partial charge >= 0.3 is 0 Å². The molecule has 7 nitrogen and oxygen atoms in total. The predicted molar refractivity (Wildman–Crippen MR) is 268 cm³/mol. The molecule has 334 valence electrons.